The number of aliphatic hydroxyl groups is 1. The molecule has 2 aromatic carbocycles. The molecule has 1 unspecified atom stereocenters. The van der Waals surface area contributed by atoms with Crippen LogP contribution >= 0.6 is 0 Å². The zero-order valence-electron chi connectivity index (χ0n) is 18.9. The number of ketones is 1. The first-order chi connectivity index (χ1) is 15.5. The quantitative estimate of drug-likeness (QED) is 0.400. The Morgan fingerprint density at radius 2 is 1.81 bits per heavy atom. The molecule has 0 bridgehead atoms. The Balaban J connectivity index is 1.80. The maximum Gasteiger partial charge on any atom is 0.295 e. The van der Waals surface area contributed by atoms with Gasteiger partial charge in [-0.15, -0.1) is 0 Å². The van der Waals surface area contributed by atoms with Gasteiger partial charge < -0.3 is 19.6 Å². The maximum absolute atomic E-state index is 13.0. The van der Waals surface area contributed by atoms with E-state index in [9.17, 15) is 14.7 Å². The van der Waals surface area contributed by atoms with Gasteiger partial charge in [0.15, 0.2) is 0 Å². The first kappa shape index (κ1) is 21.9. The molecule has 2 aliphatic rings. The van der Waals surface area contributed by atoms with Crippen molar-refractivity contribution in [1.29, 1.82) is 0 Å². The predicted octanol–water partition coefficient (Wildman–Crippen LogP) is 4.30. The SMILES string of the molecule is CCCN1C(=O)C(=O)/C(=C(\O)c2ccc3c(c2)CCO3)C1c1ccc(N(CC)CC)cc1. The van der Waals surface area contributed by atoms with E-state index in [1.165, 1.54) is 0 Å². The van der Waals surface area contributed by atoms with Crippen LogP contribution in [0.15, 0.2) is 48.0 Å². The third-order valence-electron chi connectivity index (χ3n) is 6.30. The van der Waals surface area contributed by atoms with Crippen molar-refractivity contribution < 1.29 is 19.4 Å². The largest absolute Gasteiger partial charge is 0.507 e. The molecule has 2 heterocycles. The van der Waals surface area contributed by atoms with E-state index < -0.39 is 17.7 Å². The molecule has 0 radical (unpaired) electrons. The monoisotopic (exact) mass is 434 g/mol. The van der Waals surface area contributed by atoms with Crippen molar-refractivity contribution in [3.8, 4) is 5.75 Å². The van der Waals surface area contributed by atoms with E-state index in [0.717, 1.165) is 48.5 Å². The standard InChI is InChI=1S/C26H30N2O4/c1-4-14-28-23(17-7-10-20(11-8-17)27(5-2)6-3)22(25(30)26(28)31)24(29)19-9-12-21-18(16-19)13-15-32-21/h7-12,16,23,29H,4-6,13-15H2,1-3H3/b24-22-. The molecule has 6 nitrogen and oxygen atoms in total. The molecule has 1 N–H and O–H groups in total. The van der Waals surface area contributed by atoms with Crippen LogP contribution in [0.1, 0.15) is 49.9 Å². The molecule has 0 saturated carbocycles. The van der Waals surface area contributed by atoms with Crippen molar-refractivity contribution >= 4 is 23.1 Å². The number of likely N-dealkylation sites (tertiary alicyclic amines) is 1. The molecule has 1 amide bonds. The van der Waals surface area contributed by atoms with E-state index >= 15 is 0 Å². The fourth-order valence-corrected chi connectivity index (χ4v) is 4.64. The highest BCUT2D eigenvalue weighted by atomic mass is 16.5. The lowest BCUT2D eigenvalue weighted by atomic mass is 9.94. The number of hydrogen-bond acceptors (Lipinski definition) is 5. The van der Waals surface area contributed by atoms with Gasteiger partial charge in [-0.25, -0.2) is 0 Å². The molecule has 2 aromatic rings. The number of carbonyl (C=O) groups excluding carboxylic acids is 2. The molecule has 0 spiro atoms. The third kappa shape index (κ3) is 3.74. The molecule has 1 atom stereocenters. The van der Waals surface area contributed by atoms with Gasteiger partial charge in [-0.3, -0.25) is 9.59 Å². The number of fused-ring (bicyclic) bond motifs is 1. The molecule has 32 heavy (non-hydrogen) atoms. The van der Waals surface area contributed by atoms with Crippen LogP contribution in [0, 0.1) is 0 Å². The summed E-state index contributed by atoms with van der Waals surface area (Å²) >= 11 is 0. The summed E-state index contributed by atoms with van der Waals surface area (Å²) in [6, 6.07) is 12.7. The van der Waals surface area contributed by atoms with Gasteiger partial charge >= 0.3 is 0 Å². The second-order valence-electron chi connectivity index (χ2n) is 8.18. The number of Topliss-reactive ketones (excluding diaryl/α,β-unsaturated/α-hetero) is 1. The Morgan fingerprint density at radius 1 is 1.09 bits per heavy atom. The number of amides is 1. The molecule has 0 aliphatic carbocycles. The van der Waals surface area contributed by atoms with Gasteiger partial charge in [0.2, 0.25) is 0 Å². The van der Waals surface area contributed by atoms with Crippen LogP contribution in [0.25, 0.3) is 5.76 Å². The lowest BCUT2D eigenvalue weighted by Crippen LogP contribution is -2.30. The molecule has 1 saturated heterocycles. The summed E-state index contributed by atoms with van der Waals surface area (Å²) < 4.78 is 5.55. The molecule has 4 rings (SSSR count). The minimum Gasteiger partial charge on any atom is -0.507 e. The Hall–Kier alpha value is -3.28. The average molecular weight is 435 g/mol. The van der Waals surface area contributed by atoms with Crippen molar-refractivity contribution in [1.82, 2.24) is 4.90 Å². The molecular formula is C26H30N2O4. The van der Waals surface area contributed by atoms with E-state index in [4.69, 9.17) is 4.74 Å². The number of anilines is 1. The normalized spacial score (nSPS) is 19.2. The van der Waals surface area contributed by atoms with Gasteiger partial charge in [-0.05, 0) is 61.7 Å². The topological polar surface area (TPSA) is 70.1 Å². The average Bonchev–Trinajstić information content (AvgIpc) is 3.38. The Kier molecular flexibility index (Phi) is 6.21. The third-order valence-corrected chi connectivity index (χ3v) is 6.30. The summed E-state index contributed by atoms with van der Waals surface area (Å²) in [5, 5.41) is 11.2. The lowest BCUT2D eigenvalue weighted by molar-refractivity contribution is -0.139. The van der Waals surface area contributed by atoms with Crippen LogP contribution in [-0.4, -0.2) is 47.9 Å². The number of nitrogens with zero attached hydrogens (tertiary/aromatic N) is 2. The number of rotatable bonds is 7. The Bertz CT molecular complexity index is 1050. The van der Waals surface area contributed by atoms with Crippen molar-refractivity contribution in [2.45, 2.75) is 39.7 Å². The summed E-state index contributed by atoms with van der Waals surface area (Å²) in [7, 11) is 0. The van der Waals surface area contributed by atoms with Gasteiger partial charge in [0, 0.05) is 37.3 Å². The Labute approximate surface area is 189 Å². The first-order valence-corrected chi connectivity index (χ1v) is 11.4. The fraction of sp³-hybridized carbons (Fsp3) is 0.385. The molecule has 168 valence electrons. The molecule has 0 aromatic heterocycles. The number of hydrogen-bond donors (Lipinski definition) is 1. The number of carbonyl (C=O) groups is 2. The van der Waals surface area contributed by atoms with E-state index in [1.807, 2.05) is 43.3 Å². The second-order valence-corrected chi connectivity index (χ2v) is 8.18. The highest BCUT2D eigenvalue weighted by molar-refractivity contribution is 6.46. The summed E-state index contributed by atoms with van der Waals surface area (Å²) in [5.41, 5.74) is 3.59. The van der Waals surface area contributed by atoms with Gasteiger partial charge in [-0.1, -0.05) is 19.1 Å². The second kappa shape index (κ2) is 9.07. The van der Waals surface area contributed by atoms with E-state index in [2.05, 4.69) is 18.7 Å². The van der Waals surface area contributed by atoms with Gasteiger partial charge in [-0.2, -0.15) is 0 Å². The summed E-state index contributed by atoms with van der Waals surface area (Å²) in [6.07, 6.45) is 1.48. The number of aliphatic hydroxyl groups excluding tert-OH is 1. The minimum absolute atomic E-state index is 0.130. The van der Waals surface area contributed by atoms with E-state index in [-0.39, 0.29) is 11.3 Å². The first-order valence-electron chi connectivity index (χ1n) is 11.4. The molecule has 2 aliphatic heterocycles. The lowest BCUT2D eigenvalue weighted by Gasteiger charge is -2.26. The van der Waals surface area contributed by atoms with E-state index in [0.29, 0.717) is 18.7 Å². The molecule has 6 heteroatoms. The predicted molar refractivity (Wildman–Crippen MR) is 125 cm³/mol. The van der Waals surface area contributed by atoms with Crippen LogP contribution in [0.5, 0.6) is 5.75 Å². The van der Waals surface area contributed by atoms with Crippen LogP contribution in [0.4, 0.5) is 5.69 Å². The zero-order valence-corrected chi connectivity index (χ0v) is 18.9. The fourth-order valence-electron chi connectivity index (χ4n) is 4.64. The summed E-state index contributed by atoms with van der Waals surface area (Å²) in [5.74, 6) is -0.521. The van der Waals surface area contributed by atoms with Gasteiger partial charge in [0.05, 0.1) is 18.2 Å². The Morgan fingerprint density at radius 3 is 2.47 bits per heavy atom. The highest BCUT2D eigenvalue weighted by Crippen LogP contribution is 2.40. The van der Waals surface area contributed by atoms with Crippen molar-refractivity contribution in [2.75, 3.05) is 31.1 Å². The van der Waals surface area contributed by atoms with Crippen molar-refractivity contribution in [3.63, 3.8) is 0 Å². The zero-order chi connectivity index (χ0) is 22.8. The summed E-state index contributed by atoms with van der Waals surface area (Å²) in [4.78, 5) is 29.7. The van der Waals surface area contributed by atoms with Gasteiger partial charge in [0.25, 0.3) is 11.7 Å². The van der Waals surface area contributed by atoms with Crippen LogP contribution in [0.3, 0.4) is 0 Å². The van der Waals surface area contributed by atoms with Crippen LogP contribution < -0.4 is 9.64 Å². The smallest absolute Gasteiger partial charge is 0.295 e. The molecular weight excluding hydrogens is 404 g/mol. The summed E-state index contributed by atoms with van der Waals surface area (Å²) in [6.45, 7) is 9.03. The maximum atomic E-state index is 13.0. The number of benzene rings is 2. The minimum atomic E-state index is -0.634. The van der Waals surface area contributed by atoms with Crippen molar-refractivity contribution in [3.05, 3.63) is 64.7 Å². The van der Waals surface area contributed by atoms with Crippen LogP contribution in [-0.2, 0) is 16.0 Å². The van der Waals surface area contributed by atoms with Crippen LogP contribution in [0.2, 0.25) is 0 Å². The van der Waals surface area contributed by atoms with Gasteiger partial charge in [0.1, 0.15) is 11.5 Å². The highest BCUT2D eigenvalue weighted by Gasteiger charge is 2.45. The molecule has 1 fully saturated rings. The number of ether oxygens (including phenoxy) is 1. The van der Waals surface area contributed by atoms with Crippen molar-refractivity contribution in [2.24, 2.45) is 0 Å². The van der Waals surface area contributed by atoms with E-state index in [1.54, 1.807) is 11.0 Å².